The summed E-state index contributed by atoms with van der Waals surface area (Å²) in [6.07, 6.45) is 14.7. The molecule has 0 bridgehead atoms. The Hall–Kier alpha value is -1.56. The maximum Gasteiger partial charge on any atom is 0.116 e. The van der Waals surface area contributed by atoms with E-state index < -0.39 is 5.60 Å². The van der Waals surface area contributed by atoms with Gasteiger partial charge in [0.05, 0.1) is 6.20 Å². The normalized spacial score (nSPS) is 44.2. The monoisotopic (exact) mass is 426 g/mol. The number of nitrogens with zero attached hydrogens (tertiary/aromatic N) is 4. The molecule has 31 heavy (non-hydrogen) atoms. The summed E-state index contributed by atoms with van der Waals surface area (Å²) in [4.78, 5) is 11.1. The number of unbranched alkanes of at least 4 members (excludes halogenated alkanes) is 1. The first-order valence-electron chi connectivity index (χ1n) is 12.5. The second-order valence-electron chi connectivity index (χ2n) is 11.3. The van der Waals surface area contributed by atoms with Crippen LogP contribution < -0.4 is 0 Å². The van der Waals surface area contributed by atoms with Crippen LogP contribution in [0.5, 0.6) is 0 Å². The summed E-state index contributed by atoms with van der Waals surface area (Å²) in [6.45, 7) is 7.82. The number of aromatic nitrogens is 3. The summed E-state index contributed by atoms with van der Waals surface area (Å²) in [5.41, 5.74) is 1.46. The van der Waals surface area contributed by atoms with E-state index in [0.717, 1.165) is 70.0 Å². The predicted molar refractivity (Wildman–Crippen MR) is 120 cm³/mol. The van der Waals surface area contributed by atoms with Gasteiger partial charge in [0.2, 0.25) is 0 Å². The molecule has 1 aromatic rings. The first-order valence-corrected chi connectivity index (χ1v) is 12.5. The van der Waals surface area contributed by atoms with Crippen LogP contribution in [0.2, 0.25) is 0 Å². The Morgan fingerprint density at radius 3 is 2.74 bits per heavy atom. The number of hydrogen-bond acceptors (Lipinski definition) is 5. The Bertz CT molecular complexity index is 881. The standard InChI is InChI=1S/C25H38N4O2/c1-4-5-14-29-16-22(26-28-29)25(30)13-10-21-19-7-6-17-15-18(27-31)8-11-23(17,2)20(19)9-12-24(21,25)3/h15-16,18-21,30H,4-14H2,1-3H3/t18?,19?,20?,21?,23-,24-,25+/m0/s1. The van der Waals surface area contributed by atoms with Crippen LogP contribution >= 0.6 is 0 Å². The van der Waals surface area contributed by atoms with Gasteiger partial charge < -0.3 is 5.11 Å². The van der Waals surface area contributed by atoms with Gasteiger partial charge in [0.1, 0.15) is 17.3 Å². The van der Waals surface area contributed by atoms with E-state index in [1.165, 1.54) is 12.0 Å². The third kappa shape index (κ3) is 3.00. The van der Waals surface area contributed by atoms with Crippen LogP contribution in [-0.2, 0) is 12.1 Å². The molecule has 4 aliphatic carbocycles. The molecular weight excluding hydrogens is 388 g/mol. The van der Waals surface area contributed by atoms with E-state index >= 15 is 0 Å². The topological polar surface area (TPSA) is 80.4 Å². The molecule has 4 unspecified atom stereocenters. The summed E-state index contributed by atoms with van der Waals surface area (Å²) in [5.74, 6) is 1.82. The molecule has 0 spiro atoms. The van der Waals surface area contributed by atoms with E-state index in [1.807, 2.05) is 10.9 Å². The fourth-order valence-corrected chi connectivity index (χ4v) is 8.15. The van der Waals surface area contributed by atoms with Crippen LogP contribution in [0.25, 0.3) is 0 Å². The van der Waals surface area contributed by atoms with E-state index in [1.54, 1.807) is 0 Å². The van der Waals surface area contributed by atoms with Gasteiger partial charge in [0.15, 0.2) is 0 Å². The highest BCUT2D eigenvalue weighted by molar-refractivity contribution is 5.28. The highest BCUT2D eigenvalue weighted by Gasteiger charge is 2.65. The zero-order chi connectivity index (χ0) is 21.9. The van der Waals surface area contributed by atoms with Gasteiger partial charge in [-0.15, -0.1) is 5.10 Å². The van der Waals surface area contributed by atoms with Gasteiger partial charge >= 0.3 is 0 Å². The van der Waals surface area contributed by atoms with Crippen molar-refractivity contribution in [3.63, 3.8) is 0 Å². The zero-order valence-corrected chi connectivity index (χ0v) is 19.4. The van der Waals surface area contributed by atoms with Gasteiger partial charge in [-0.1, -0.05) is 49.2 Å². The third-order valence-electron chi connectivity index (χ3n) is 10.1. The maximum absolute atomic E-state index is 12.0. The fraction of sp³-hybridized carbons (Fsp3) is 0.840. The molecule has 0 aromatic carbocycles. The molecule has 4 aliphatic rings. The average Bonchev–Trinajstić information content (AvgIpc) is 3.35. The maximum atomic E-state index is 12.0. The predicted octanol–water partition coefficient (Wildman–Crippen LogP) is 5.36. The van der Waals surface area contributed by atoms with Crippen molar-refractivity contribution in [3.05, 3.63) is 28.4 Å². The molecule has 3 saturated carbocycles. The fourth-order valence-electron chi connectivity index (χ4n) is 8.15. The molecule has 170 valence electrons. The van der Waals surface area contributed by atoms with Gasteiger partial charge in [0, 0.05) is 12.0 Å². The summed E-state index contributed by atoms with van der Waals surface area (Å²) in [5, 5.41) is 24.2. The van der Waals surface area contributed by atoms with Gasteiger partial charge in [-0.05, 0) is 81.0 Å². The van der Waals surface area contributed by atoms with Crippen LogP contribution in [0, 0.1) is 33.5 Å². The van der Waals surface area contributed by atoms with E-state index in [-0.39, 0.29) is 16.9 Å². The van der Waals surface area contributed by atoms with Crippen molar-refractivity contribution in [2.45, 2.75) is 103 Å². The highest BCUT2D eigenvalue weighted by Crippen LogP contribution is 2.69. The zero-order valence-electron chi connectivity index (χ0n) is 19.4. The molecule has 0 amide bonds. The molecule has 5 rings (SSSR count). The second kappa shape index (κ2) is 7.50. The highest BCUT2D eigenvalue weighted by atomic mass is 16.3. The quantitative estimate of drug-likeness (QED) is 0.507. The van der Waals surface area contributed by atoms with Crippen molar-refractivity contribution >= 4 is 0 Å². The van der Waals surface area contributed by atoms with Crippen LogP contribution in [0.1, 0.15) is 90.7 Å². The van der Waals surface area contributed by atoms with Gasteiger partial charge in [-0.3, -0.25) is 4.68 Å². The lowest BCUT2D eigenvalue weighted by atomic mass is 9.46. The summed E-state index contributed by atoms with van der Waals surface area (Å²) >= 11 is 0. The summed E-state index contributed by atoms with van der Waals surface area (Å²) < 4.78 is 1.91. The number of aliphatic hydroxyl groups is 1. The summed E-state index contributed by atoms with van der Waals surface area (Å²) in [6, 6.07) is -0.125. The molecule has 1 aromatic heterocycles. The van der Waals surface area contributed by atoms with Crippen molar-refractivity contribution in [1.82, 2.24) is 15.0 Å². The SMILES string of the molecule is CCCCn1cc([C@]2(O)CCC3C4CCC5=CC(N=O)CC[C@]5(C)C4CC[C@@]32C)nn1. The van der Waals surface area contributed by atoms with Gasteiger partial charge in [-0.25, -0.2) is 0 Å². The van der Waals surface area contributed by atoms with E-state index in [2.05, 4.69) is 42.3 Å². The molecule has 3 fully saturated rings. The van der Waals surface area contributed by atoms with Crippen molar-refractivity contribution in [2.75, 3.05) is 0 Å². The van der Waals surface area contributed by atoms with E-state index in [9.17, 15) is 10.0 Å². The Kier molecular flexibility index (Phi) is 5.15. The van der Waals surface area contributed by atoms with Crippen LogP contribution in [0.4, 0.5) is 0 Å². The number of nitroso groups, excluding NO2 is 1. The Morgan fingerprint density at radius 1 is 1.16 bits per heavy atom. The molecule has 7 atom stereocenters. The largest absolute Gasteiger partial charge is 0.383 e. The lowest BCUT2D eigenvalue weighted by molar-refractivity contribution is -0.134. The molecule has 0 aliphatic heterocycles. The molecule has 6 heteroatoms. The Morgan fingerprint density at radius 2 is 1.97 bits per heavy atom. The van der Waals surface area contributed by atoms with Gasteiger partial charge in [-0.2, -0.15) is 4.91 Å². The number of allylic oxidation sites excluding steroid dienone is 1. The third-order valence-corrected chi connectivity index (χ3v) is 10.1. The Balaban J connectivity index is 1.42. The molecule has 0 radical (unpaired) electrons. The smallest absolute Gasteiger partial charge is 0.116 e. The molecule has 1 N–H and O–H groups in total. The molecular formula is C25H38N4O2. The number of hydrogen-bond donors (Lipinski definition) is 1. The van der Waals surface area contributed by atoms with Crippen LogP contribution in [0.3, 0.4) is 0 Å². The molecule has 1 heterocycles. The first kappa shape index (κ1) is 21.3. The second-order valence-corrected chi connectivity index (χ2v) is 11.3. The van der Waals surface area contributed by atoms with Crippen molar-refractivity contribution < 1.29 is 5.11 Å². The summed E-state index contributed by atoms with van der Waals surface area (Å²) in [7, 11) is 0. The average molecular weight is 427 g/mol. The van der Waals surface area contributed by atoms with Crippen molar-refractivity contribution in [1.29, 1.82) is 0 Å². The van der Waals surface area contributed by atoms with Crippen LogP contribution in [0.15, 0.2) is 23.0 Å². The number of fused-ring (bicyclic) bond motifs is 5. The van der Waals surface area contributed by atoms with E-state index in [0.29, 0.717) is 17.8 Å². The van der Waals surface area contributed by atoms with Gasteiger partial charge in [0.25, 0.3) is 0 Å². The minimum atomic E-state index is -0.872. The lowest BCUT2D eigenvalue weighted by Crippen LogP contribution is -2.54. The van der Waals surface area contributed by atoms with Crippen LogP contribution in [-0.4, -0.2) is 26.1 Å². The first-order chi connectivity index (χ1) is 14.9. The minimum absolute atomic E-state index is 0.125. The van der Waals surface area contributed by atoms with Crippen molar-refractivity contribution in [3.8, 4) is 0 Å². The number of rotatable bonds is 5. The van der Waals surface area contributed by atoms with E-state index in [4.69, 9.17) is 0 Å². The number of aryl methyl sites for hydroxylation is 1. The molecule has 6 nitrogen and oxygen atoms in total. The minimum Gasteiger partial charge on any atom is -0.383 e. The Labute approximate surface area is 185 Å². The molecule has 0 saturated heterocycles. The van der Waals surface area contributed by atoms with Crippen molar-refractivity contribution in [2.24, 2.45) is 33.8 Å². The lowest BCUT2D eigenvalue weighted by Gasteiger charge is -2.59.